The van der Waals surface area contributed by atoms with Crippen LogP contribution in [0.2, 0.25) is 0 Å². The minimum atomic E-state index is -1.08. The maximum Gasteiger partial charge on any atom is 0.360 e. The van der Waals surface area contributed by atoms with Crippen LogP contribution in [0.4, 0.5) is 5.69 Å². The topological polar surface area (TPSA) is 90.3 Å². The van der Waals surface area contributed by atoms with Gasteiger partial charge in [0.2, 0.25) is 0 Å². The molecule has 4 rings (SSSR count). The number of hydrogen-bond acceptors (Lipinski definition) is 5. The first kappa shape index (κ1) is 21.0. The molecule has 3 aromatic carbocycles. The van der Waals surface area contributed by atoms with Crippen LogP contribution in [0.25, 0.3) is 21.9 Å². The Balaban J connectivity index is 1.55. The number of anilines is 1. The van der Waals surface area contributed by atoms with Gasteiger partial charge in [-0.25, -0.2) is 9.48 Å². The van der Waals surface area contributed by atoms with E-state index < -0.39 is 18.0 Å². The van der Waals surface area contributed by atoms with Crippen molar-refractivity contribution in [3.05, 3.63) is 94.9 Å². The monoisotopic (exact) mass is 427 g/mol. The summed E-state index contributed by atoms with van der Waals surface area (Å²) >= 11 is 0. The Kier molecular flexibility index (Phi) is 5.81. The molecule has 0 aliphatic heterocycles. The van der Waals surface area contributed by atoms with Crippen LogP contribution in [0.15, 0.2) is 83.7 Å². The van der Waals surface area contributed by atoms with Gasteiger partial charge < -0.3 is 10.1 Å². The molecule has 32 heavy (non-hydrogen) atoms. The number of carbonyl (C=O) groups excluding carboxylic acids is 2. The lowest BCUT2D eigenvalue weighted by Crippen LogP contribution is -2.31. The van der Waals surface area contributed by atoms with E-state index in [9.17, 15) is 14.4 Å². The van der Waals surface area contributed by atoms with E-state index in [4.69, 9.17) is 4.74 Å². The molecule has 0 aliphatic carbocycles. The summed E-state index contributed by atoms with van der Waals surface area (Å²) in [6.07, 6.45) is -1.08. The normalized spacial score (nSPS) is 11.7. The zero-order chi connectivity index (χ0) is 22.7. The van der Waals surface area contributed by atoms with Crippen LogP contribution in [-0.2, 0) is 16.6 Å². The van der Waals surface area contributed by atoms with E-state index in [0.717, 1.165) is 15.8 Å². The first-order valence-electron chi connectivity index (χ1n) is 10.1. The highest BCUT2D eigenvalue weighted by atomic mass is 16.5. The fourth-order valence-corrected chi connectivity index (χ4v) is 3.42. The molecule has 1 heterocycles. The first-order valence-corrected chi connectivity index (χ1v) is 10.1. The molecule has 160 valence electrons. The highest BCUT2D eigenvalue weighted by Gasteiger charge is 2.23. The van der Waals surface area contributed by atoms with Crippen molar-refractivity contribution in [3.8, 4) is 11.1 Å². The third-order valence-electron chi connectivity index (χ3n) is 5.07. The minimum Gasteiger partial charge on any atom is -0.448 e. The molecule has 1 aromatic heterocycles. The summed E-state index contributed by atoms with van der Waals surface area (Å²) < 4.78 is 6.47. The van der Waals surface area contributed by atoms with Gasteiger partial charge in [0, 0.05) is 23.7 Å². The Labute approximate surface area is 184 Å². The average Bonchev–Trinajstić information content (AvgIpc) is 2.82. The summed E-state index contributed by atoms with van der Waals surface area (Å²) in [5.74, 6) is -1.26. The van der Waals surface area contributed by atoms with Crippen molar-refractivity contribution < 1.29 is 14.3 Å². The second-order valence-electron chi connectivity index (χ2n) is 7.27. The van der Waals surface area contributed by atoms with Crippen molar-refractivity contribution in [2.24, 2.45) is 7.05 Å². The van der Waals surface area contributed by atoms with Crippen molar-refractivity contribution in [3.63, 3.8) is 0 Å². The molecule has 1 N–H and O–H groups in total. The number of ether oxygens (including phenoxy) is 1. The predicted molar refractivity (Wildman–Crippen MR) is 122 cm³/mol. The molecule has 0 aliphatic rings. The Morgan fingerprint density at radius 1 is 0.906 bits per heavy atom. The summed E-state index contributed by atoms with van der Waals surface area (Å²) in [5.41, 5.74) is 2.07. The third-order valence-corrected chi connectivity index (χ3v) is 5.07. The van der Waals surface area contributed by atoms with Gasteiger partial charge in [0.1, 0.15) is 0 Å². The molecule has 7 heteroatoms. The summed E-state index contributed by atoms with van der Waals surface area (Å²) in [7, 11) is 1.46. The lowest BCUT2D eigenvalue weighted by atomic mass is 10.0. The number of carbonyl (C=O) groups is 2. The standard InChI is InChI=1S/C25H21N3O4/c1-16(23(29)26-21-15-9-8-12-18(21)17-10-4-3-5-11-17)32-25(31)22-19-13-6-7-14-20(19)24(30)28(2)27-22/h3-16H,1-2H3,(H,26,29). The summed E-state index contributed by atoms with van der Waals surface area (Å²) in [4.78, 5) is 37.9. The van der Waals surface area contributed by atoms with Gasteiger partial charge >= 0.3 is 5.97 Å². The van der Waals surface area contributed by atoms with E-state index in [1.807, 2.05) is 48.5 Å². The smallest absolute Gasteiger partial charge is 0.360 e. The number of nitrogens with zero attached hydrogens (tertiary/aromatic N) is 2. The van der Waals surface area contributed by atoms with E-state index in [1.54, 1.807) is 30.3 Å². The zero-order valence-corrected chi connectivity index (χ0v) is 17.6. The molecule has 0 radical (unpaired) electrons. The lowest BCUT2D eigenvalue weighted by molar-refractivity contribution is -0.123. The van der Waals surface area contributed by atoms with E-state index in [1.165, 1.54) is 14.0 Å². The fraction of sp³-hybridized carbons (Fsp3) is 0.120. The van der Waals surface area contributed by atoms with Crippen LogP contribution in [0.5, 0.6) is 0 Å². The summed E-state index contributed by atoms with van der Waals surface area (Å²) in [6.45, 7) is 1.49. The van der Waals surface area contributed by atoms with Crippen molar-refractivity contribution in [1.29, 1.82) is 0 Å². The van der Waals surface area contributed by atoms with Crippen molar-refractivity contribution in [2.45, 2.75) is 13.0 Å². The van der Waals surface area contributed by atoms with Gasteiger partial charge in [0.25, 0.3) is 11.5 Å². The number of benzene rings is 3. The van der Waals surface area contributed by atoms with Crippen LogP contribution in [0, 0.1) is 0 Å². The van der Waals surface area contributed by atoms with Gasteiger partial charge in [-0.3, -0.25) is 9.59 Å². The van der Waals surface area contributed by atoms with Crippen LogP contribution >= 0.6 is 0 Å². The second-order valence-corrected chi connectivity index (χ2v) is 7.27. The maximum absolute atomic E-state index is 12.8. The maximum atomic E-state index is 12.8. The van der Waals surface area contributed by atoms with Gasteiger partial charge in [0.15, 0.2) is 11.8 Å². The average molecular weight is 427 g/mol. The van der Waals surface area contributed by atoms with Crippen LogP contribution in [0.3, 0.4) is 0 Å². The lowest BCUT2D eigenvalue weighted by Gasteiger charge is -2.16. The fourth-order valence-electron chi connectivity index (χ4n) is 3.42. The largest absolute Gasteiger partial charge is 0.448 e. The quantitative estimate of drug-likeness (QED) is 0.490. The van der Waals surface area contributed by atoms with Crippen LogP contribution in [-0.4, -0.2) is 27.8 Å². The molecule has 4 aromatic rings. The van der Waals surface area contributed by atoms with E-state index in [0.29, 0.717) is 16.5 Å². The molecular weight excluding hydrogens is 406 g/mol. The molecular formula is C25H21N3O4. The van der Waals surface area contributed by atoms with Crippen LogP contribution in [0.1, 0.15) is 17.4 Å². The summed E-state index contributed by atoms with van der Waals surface area (Å²) in [5, 5.41) is 7.61. The van der Waals surface area contributed by atoms with Crippen molar-refractivity contribution in [1.82, 2.24) is 9.78 Å². The molecule has 0 spiro atoms. The predicted octanol–water partition coefficient (Wildman–Crippen LogP) is 3.78. The van der Waals surface area contributed by atoms with Gasteiger partial charge in [0.05, 0.1) is 5.39 Å². The first-order chi connectivity index (χ1) is 15.5. The zero-order valence-electron chi connectivity index (χ0n) is 17.6. The number of aryl methyl sites for hydroxylation is 1. The highest BCUT2D eigenvalue weighted by Crippen LogP contribution is 2.27. The number of amides is 1. The summed E-state index contributed by atoms with van der Waals surface area (Å²) in [6, 6.07) is 23.7. The van der Waals surface area contributed by atoms with Gasteiger partial charge in [-0.15, -0.1) is 0 Å². The second kappa shape index (κ2) is 8.85. The Morgan fingerprint density at radius 2 is 1.53 bits per heavy atom. The molecule has 0 saturated carbocycles. The molecule has 1 atom stereocenters. The van der Waals surface area contributed by atoms with Crippen LogP contribution < -0.4 is 10.9 Å². The van der Waals surface area contributed by atoms with Gasteiger partial charge in [-0.1, -0.05) is 66.7 Å². The van der Waals surface area contributed by atoms with Crippen molar-refractivity contribution >= 4 is 28.3 Å². The van der Waals surface area contributed by atoms with E-state index in [-0.39, 0.29) is 11.3 Å². The number of para-hydroxylation sites is 1. The number of hydrogen-bond donors (Lipinski definition) is 1. The Bertz CT molecular complexity index is 1360. The molecule has 7 nitrogen and oxygen atoms in total. The molecule has 0 saturated heterocycles. The van der Waals surface area contributed by atoms with Crippen molar-refractivity contribution in [2.75, 3.05) is 5.32 Å². The van der Waals surface area contributed by atoms with Gasteiger partial charge in [-0.2, -0.15) is 5.10 Å². The third kappa shape index (κ3) is 4.13. The SMILES string of the molecule is CC(OC(=O)c1nn(C)c(=O)c2ccccc12)C(=O)Nc1ccccc1-c1ccccc1. The highest BCUT2D eigenvalue weighted by molar-refractivity contribution is 6.04. The number of aromatic nitrogens is 2. The van der Waals surface area contributed by atoms with E-state index >= 15 is 0 Å². The molecule has 0 bridgehead atoms. The number of esters is 1. The number of nitrogens with one attached hydrogen (secondary N) is 1. The molecule has 1 amide bonds. The number of fused-ring (bicyclic) bond motifs is 1. The minimum absolute atomic E-state index is 0.0213. The Hall–Kier alpha value is -4.26. The Morgan fingerprint density at radius 3 is 2.28 bits per heavy atom. The van der Waals surface area contributed by atoms with E-state index in [2.05, 4.69) is 10.4 Å². The molecule has 1 unspecified atom stereocenters. The number of rotatable bonds is 5. The molecule has 0 fully saturated rings. The van der Waals surface area contributed by atoms with Gasteiger partial charge in [-0.05, 0) is 24.6 Å².